The summed E-state index contributed by atoms with van der Waals surface area (Å²) in [6.45, 7) is 6.66. The van der Waals surface area contributed by atoms with Crippen LogP contribution in [0.5, 0.6) is 0 Å². The molecule has 1 rings (SSSR count). The number of hydrogen-bond donors (Lipinski definition) is 0. The molecule has 0 saturated carbocycles. The van der Waals surface area contributed by atoms with Gasteiger partial charge in [-0.1, -0.05) is 77.8 Å². The number of ether oxygens (including phenoxy) is 2. The van der Waals surface area contributed by atoms with E-state index in [9.17, 15) is 9.59 Å². The van der Waals surface area contributed by atoms with E-state index in [0.717, 1.165) is 32.1 Å². The van der Waals surface area contributed by atoms with Gasteiger partial charge in [0.05, 0.1) is 17.7 Å². The second-order valence-electron chi connectivity index (χ2n) is 7.03. The largest absolute Gasteiger partial charge is 0.462 e. The summed E-state index contributed by atoms with van der Waals surface area (Å²) in [5, 5.41) is 0. The zero-order valence-electron chi connectivity index (χ0n) is 17.3. The minimum Gasteiger partial charge on any atom is -0.462 e. The lowest BCUT2D eigenvalue weighted by Gasteiger charge is -2.16. The van der Waals surface area contributed by atoms with Gasteiger partial charge in [-0.05, 0) is 31.4 Å². The molecule has 0 amide bonds. The molecule has 0 aliphatic rings. The Kier molecular flexibility index (Phi) is 12.2. The summed E-state index contributed by atoms with van der Waals surface area (Å²) >= 11 is 0. The van der Waals surface area contributed by atoms with Crippen molar-refractivity contribution in [1.82, 2.24) is 0 Å². The first-order valence-electron chi connectivity index (χ1n) is 10.6. The van der Waals surface area contributed by atoms with E-state index in [2.05, 4.69) is 13.8 Å². The number of hydrogen-bond acceptors (Lipinski definition) is 4. The van der Waals surface area contributed by atoms with Gasteiger partial charge in [0.15, 0.2) is 0 Å². The fourth-order valence-corrected chi connectivity index (χ4v) is 3.02. The predicted molar refractivity (Wildman–Crippen MR) is 109 cm³/mol. The molecule has 0 bridgehead atoms. The number of esters is 2. The van der Waals surface area contributed by atoms with Gasteiger partial charge in [-0.25, -0.2) is 9.59 Å². The smallest absolute Gasteiger partial charge is 0.339 e. The van der Waals surface area contributed by atoms with Gasteiger partial charge in [-0.2, -0.15) is 0 Å². The Labute approximate surface area is 164 Å². The molecule has 0 saturated heterocycles. The van der Waals surface area contributed by atoms with Crippen molar-refractivity contribution < 1.29 is 19.1 Å². The first kappa shape index (κ1) is 23.2. The molecule has 4 heteroatoms. The Morgan fingerprint density at radius 3 is 2.00 bits per heavy atom. The lowest BCUT2D eigenvalue weighted by atomic mass is 10.1. The van der Waals surface area contributed by atoms with E-state index in [1.165, 1.54) is 32.1 Å². The van der Waals surface area contributed by atoms with Crippen LogP contribution >= 0.6 is 0 Å². The lowest BCUT2D eigenvalue weighted by molar-refractivity contribution is 0.0262. The summed E-state index contributed by atoms with van der Waals surface area (Å²) in [6, 6.07) is 6.74. The highest BCUT2D eigenvalue weighted by Gasteiger charge is 2.21. The number of carbonyl (C=O) groups is 2. The minimum atomic E-state index is -0.447. The van der Waals surface area contributed by atoms with E-state index >= 15 is 0 Å². The van der Waals surface area contributed by atoms with Crippen LogP contribution in [0, 0.1) is 0 Å². The maximum absolute atomic E-state index is 12.5. The van der Waals surface area contributed by atoms with Crippen LogP contribution in [0.15, 0.2) is 24.3 Å². The zero-order chi connectivity index (χ0) is 19.9. The Balaban J connectivity index is 2.50. The Bertz CT molecular complexity index is 553. The third kappa shape index (κ3) is 9.07. The molecule has 27 heavy (non-hydrogen) atoms. The van der Waals surface area contributed by atoms with Crippen molar-refractivity contribution in [3.63, 3.8) is 0 Å². The van der Waals surface area contributed by atoms with Gasteiger partial charge in [0, 0.05) is 0 Å². The van der Waals surface area contributed by atoms with Crippen LogP contribution in [0.2, 0.25) is 0 Å². The standard InChI is InChI=1S/C23H36O4/c1-4-7-8-9-10-11-14-18-26-22(24)20-16-12-13-17-21(20)23(25)27-19(6-3)15-5-2/h12-13,16-17,19H,4-11,14-15,18H2,1-3H3. The highest BCUT2D eigenvalue weighted by atomic mass is 16.5. The summed E-state index contributed by atoms with van der Waals surface area (Å²) in [4.78, 5) is 24.9. The first-order valence-corrected chi connectivity index (χ1v) is 10.6. The fourth-order valence-electron chi connectivity index (χ4n) is 3.02. The maximum Gasteiger partial charge on any atom is 0.339 e. The molecule has 0 aromatic heterocycles. The SMILES string of the molecule is CCCCCCCCCOC(=O)c1ccccc1C(=O)OC(CC)CCC. The summed E-state index contributed by atoms with van der Waals surface area (Å²) in [5.74, 6) is -0.893. The molecule has 0 aliphatic carbocycles. The summed E-state index contributed by atoms with van der Waals surface area (Å²) in [6.07, 6.45) is 10.6. The summed E-state index contributed by atoms with van der Waals surface area (Å²) < 4.78 is 10.9. The van der Waals surface area contributed by atoms with E-state index < -0.39 is 11.9 Å². The second-order valence-corrected chi connectivity index (χ2v) is 7.03. The normalized spacial score (nSPS) is 11.8. The van der Waals surface area contributed by atoms with E-state index in [1.54, 1.807) is 24.3 Å². The van der Waals surface area contributed by atoms with Crippen molar-refractivity contribution in [2.75, 3.05) is 6.61 Å². The highest BCUT2D eigenvalue weighted by molar-refractivity contribution is 6.03. The molecule has 4 nitrogen and oxygen atoms in total. The molecule has 1 aromatic carbocycles. The highest BCUT2D eigenvalue weighted by Crippen LogP contribution is 2.16. The Morgan fingerprint density at radius 2 is 1.41 bits per heavy atom. The maximum atomic E-state index is 12.5. The van der Waals surface area contributed by atoms with E-state index in [0.29, 0.717) is 6.61 Å². The molecule has 152 valence electrons. The number of unbranched alkanes of at least 4 members (excludes halogenated alkanes) is 6. The topological polar surface area (TPSA) is 52.6 Å². The van der Waals surface area contributed by atoms with Gasteiger partial charge in [0.1, 0.15) is 6.10 Å². The van der Waals surface area contributed by atoms with Crippen LogP contribution in [0.4, 0.5) is 0 Å². The predicted octanol–water partition coefficient (Wildman–Crippen LogP) is 6.33. The van der Waals surface area contributed by atoms with Gasteiger partial charge in [0.2, 0.25) is 0 Å². The Hall–Kier alpha value is -1.84. The van der Waals surface area contributed by atoms with Crippen molar-refractivity contribution >= 4 is 11.9 Å². The number of rotatable bonds is 14. The first-order chi connectivity index (χ1) is 13.1. The molecule has 0 radical (unpaired) electrons. The molecule has 1 atom stereocenters. The minimum absolute atomic E-state index is 0.112. The molecule has 0 N–H and O–H groups in total. The van der Waals surface area contributed by atoms with Crippen LogP contribution in [0.1, 0.15) is 106 Å². The molecular weight excluding hydrogens is 340 g/mol. The van der Waals surface area contributed by atoms with Crippen molar-refractivity contribution in [1.29, 1.82) is 0 Å². The van der Waals surface area contributed by atoms with Crippen molar-refractivity contribution in [2.24, 2.45) is 0 Å². The van der Waals surface area contributed by atoms with Gasteiger partial charge < -0.3 is 9.47 Å². The molecule has 1 aromatic rings. The lowest BCUT2D eigenvalue weighted by Crippen LogP contribution is -2.20. The van der Waals surface area contributed by atoms with Gasteiger partial charge in [-0.15, -0.1) is 0 Å². The van der Waals surface area contributed by atoms with Crippen LogP contribution in [-0.2, 0) is 9.47 Å². The van der Waals surface area contributed by atoms with Gasteiger partial charge in [-0.3, -0.25) is 0 Å². The van der Waals surface area contributed by atoms with Crippen molar-refractivity contribution in [3.8, 4) is 0 Å². The molecule has 0 aliphatic heterocycles. The monoisotopic (exact) mass is 376 g/mol. The molecular formula is C23H36O4. The molecule has 0 fully saturated rings. The van der Waals surface area contributed by atoms with E-state index in [4.69, 9.17) is 9.47 Å². The van der Waals surface area contributed by atoms with E-state index in [-0.39, 0.29) is 17.2 Å². The van der Waals surface area contributed by atoms with Crippen LogP contribution in [0.3, 0.4) is 0 Å². The third-order valence-corrected chi connectivity index (χ3v) is 4.69. The zero-order valence-corrected chi connectivity index (χ0v) is 17.3. The molecule has 1 unspecified atom stereocenters. The molecule has 0 spiro atoms. The molecule has 0 heterocycles. The average molecular weight is 377 g/mol. The quantitative estimate of drug-likeness (QED) is 0.281. The van der Waals surface area contributed by atoms with Crippen molar-refractivity contribution in [2.45, 2.75) is 91.1 Å². The van der Waals surface area contributed by atoms with Gasteiger partial charge in [0.25, 0.3) is 0 Å². The summed E-state index contributed by atoms with van der Waals surface area (Å²) in [7, 11) is 0. The number of carbonyl (C=O) groups excluding carboxylic acids is 2. The summed E-state index contributed by atoms with van der Waals surface area (Å²) in [5.41, 5.74) is 0.577. The third-order valence-electron chi connectivity index (χ3n) is 4.69. The fraction of sp³-hybridized carbons (Fsp3) is 0.652. The van der Waals surface area contributed by atoms with Crippen molar-refractivity contribution in [3.05, 3.63) is 35.4 Å². The second kappa shape index (κ2) is 14.2. The van der Waals surface area contributed by atoms with Crippen LogP contribution in [0.25, 0.3) is 0 Å². The Morgan fingerprint density at radius 1 is 0.815 bits per heavy atom. The van der Waals surface area contributed by atoms with Crippen LogP contribution in [-0.4, -0.2) is 24.6 Å². The van der Waals surface area contributed by atoms with E-state index in [1.807, 2.05) is 6.92 Å². The van der Waals surface area contributed by atoms with Gasteiger partial charge >= 0.3 is 11.9 Å². The number of benzene rings is 1. The van der Waals surface area contributed by atoms with Crippen LogP contribution < -0.4 is 0 Å². The average Bonchev–Trinajstić information content (AvgIpc) is 2.69.